The molecule has 0 unspecified atom stereocenters. The number of rotatable bonds is 0. The van der Waals surface area contributed by atoms with Gasteiger partial charge < -0.3 is 28.4 Å². The maximum Gasteiger partial charge on any atom is 0.122 e. The summed E-state index contributed by atoms with van der Waals surface area (Å²) in [5.74, 6) is 1.69. The molecule has 8 bridgehead atoms. The monoisotopic (exact) mass is 704 g/mol. The van der Waals surface area contributed by atoms with E-state index in [1.165, 1.54) is 0 Å². The highest BCUT2D eigenvalue weighted by atomic mass is 16.5. The van der Waals surface area contributed by atoms with Gasteiger partial charge in [0.1, 0.15) is 24.7 Å². The molecule has 0 amide bonds. The van der Waals surface area contributed by atoms with Crippen molar-refractivity contribution in [2.24, 2.45) is 0 Å². The number of ether oxygens (including phenoxy) is 6. The van der Waals surface area contributed by atoms with Crippen LogP contribution < -0.4 is 9.47 Å². The fourth-order valence-electron chi connectivity index (χ4n) is 6.26. The minimum absolute atomic E-state index is 0.484. The molecule has 0 saturated carbocycles. The van der Waals surface area contributed by atoms with Crippen LogP contribution in [0.15, 0.2) is 84.9 Å². The normalized spacial score (nSPS) is 16.9. The number of benzene rings is 3. The molecular formula is C44H52N2O6. The van der Waals surface area contributed by atoms with Crippen LogP contribution in [0.3, 0.4) is 0 Å². The lowest BCUT2D eigenvalue weighted by Crippen LogP contribution is -2.11. The molecule has 52 heavy (non-hydrogen) atoms. The molecule has 3 aliphatic rings. The van der Waals surface area contributed by atoms with Crippen molar-refractivity contribution < 1.29 is 28.4 Å². The predicted octanol–water partition coefficient (Wildman–Crippen LogP) is 9.47. The molecule has 0 spiro atoms. The lowest BCUT2D eigenvalue weighted by Gasteiger charge is -2.13. The van der Waals surface area contributed by atoms with Crippen molar-refractivity contribution in [3.8, 4) is 34.0 Å². The highest BCUT2D eigenvalue weighted by Gasteiger charge is 2.11. The van der Waals surface area contributed by atoms with Crippen LogP contribution in [0.1, 0.15) is 49.7 Å². The highest BCUT2D eigenvalue weighted by molar-refractivity contribution is 6.04. The summed E-state index contributed by atoms with van der Waals surface area (Å²) in [6.07, 6.45) is 11.1. The van der Waals surface area contributed by atoms with Crippen molar-refractivity contribution >= 4 is 21.8 Å². The average molecular weight is 705 g/mol. The number of nitrogens with zero attached hydrogens (tertiary/aromatic N) is 2. The third kappa shape index (κ3) is 10.8. The van der Waals surface area contributed by atoms with E-state index in [-0.39, 0.29) is 0 Å². The fraction of sp³-hybridized carbons (Fsp3) is 0.409. The van der Waals surface area contributed by atoms with Crippen LogP contribution in [0.2, 0.25) is 0 Å². The van der Waals surface area contributed by atoms with E-state index in [4.69, 9.17) is 38.4 Å². The third-order valence-corrected chi connectivity index (χ3v) is 9.16. The second-order valence-corrected chi connectivity index (χ2v) is 13.2. The Morgan fingerprint density at radius 3 is 1.27 bits per heavy atom. The predicted molar refractivity (Wildman–Crippen MR) is 208 cm³/mol. The molecule has 0 atom stereocenters. The average Bonchev–Trinajstić information content (AvgIpc) is 3.16. The second-order valence-electron chi connectivity index (χ2n) is 13.2. The van der Waals surface area contributed by atoms with Crippen molar-refractivity contribution in [3.63, 3.8) is 0 Å². The molecule has 0 saturated heterocycles. The van der Waals surface area contributed by atoms with Gasteiger partial charge in [0.15, 0.2) is 0 Å². The van der Waals surface area contributed by atoms with E-state index in [0.29, 0.717) is 52.9 Å². The van der Waals surface area contributed by atoms with Crippen LogP contribution in [0.4, 0.5) is 0 Å². The van der Waals surface area contributed by atoms with Crippen LogP contribution >= 0.6 is 0 Å². The summed E-state index contributed by atoms with van der Waals surface area (Å²) < 4.78 is 35.1. The van der Waals surface area contributed by atoms with Gasteiger partial charge in [-0.1, -0.05) is 36.4 Å². The molecule has 0 aliphatic carbocycles. The molecule has 0 N–H and O–H groups in total. The zero-order chi connectivity index (χ0) is 35.8. The molecule has 8 heteroatoms. The van der Waals surface area contributed by atoms with Gasteiger partial charge in [-0.25, -0.2) is 9.97 Å². The number of hydrogen-bond acceptors (Lipinski definition) is 8. The van der Waals surface area contributed by atoms with E-state index < -0.39 is 0 Å². The SMILES string of the molecule is Cc1cc2ccc1OCCOCCOCCCCC=CCCCCOCCOCCOc1ccc(cc1C)-c1ccc3ccc4ccc-2nc4c3n1. The Bertz CT molecular complexity index is 1770. The molecule has 0 radical (unpaired) electrons. The van der Waals surface area contributed by atoms with Gasteiger partial charge in [-0.05, 0) is 112 Å². The summed E-state index contributed by atoms with van der Waals surface area (Å²) in [5, 5.41) is 2.10. The van der Waals surface area contributed by atoms with Crippen LogP contribution in [0.25, 0.3) is 44.3 Å². The Labute approximate surface area is 308 Å². The summed E-state index contributed by atoms with van der Waals surface area (Å²) in [6, 6.07) is 25.0. The highest BCUT2D eigenvalue weighted by Crippen LogP contribution is 2.31. The lowest BCUT2D eigenvalue weighted by molar-refractivity contribution is 0.0353. The summed E-state index contributed by atoms with van der Waals surface area (Å²) in [7, 11) is 0. The van der Waals surface area contributed by atoms with Crippen LogP contribution in [0.5, 0.6) is 11.5 Å². The second kappa shape index (κ2) is 20.0. The molecule has 8 nitrogen and oxygen atoms in total. The topological polar surface area (TPSA) is 81.2 Å². The number of fused-ring (bicyclic) bond motifs is 2. The van der Waals surface area contributed by atoms with Gasteiger partial charge in [0, 0.05) is 35.1 Å². The van der Waals surface area contributed by atoms with Gasteiger partial charge in [-0.3, -0.25) is 0 Å². The van der Waals surface area contributed by atoms with Gasteiger partial charge >= 0.3 is 0 Å². The first-order chi connectivity index (χ1) is 25.7. The Morgan fingerprint density at radius 1 is 0.423 bits per heavy atom. The van der Waals surface area contributed by atoms with Gasteiger partial charge in [-0.15, -0.1) is 0 Å². The van der Waals surface area contributed by atoms with Crippen LogP contribution in [0, 0.1) is 13.8 Å². The smallest absolute Gasteiger partial charge is 0.122 e. The summed E-state index contributed by atoms with van der Waals surface area (Å²) in [4.78, 5) is 10.3. The molecular weight excluding hydrogens is 652 g/mol. The largest absolute Gasteiger partial charge is 0.491 e. The minimum atomic E-state index is 0.484. The van der Waals surface area contributed by atoms with E-state index in [0.717, 1.165) is 119 Å². The Kier molecular flexibility index (Phi) is 14.4. The van der Waals surface area contributed by atoms with Crippen molar-refractivity contribution in [2.45, 2.75) is 52.4 Å². The Balaban J connectivity index is 1.14. The Hall–Kier alpha value is -4.34. The minimum Gasteiger partial charge on any atom is -0.491 e. The molecule has 5 aromatic rings. The Morgan fingerprint density at radius 2 is 0.827 bits per heavy atom. The first-order valence-corrected chi connectivity index (χ1v) is 18.8. The fourth-order valence-corrected chi connectivity index (χ4v) is 6.26. The number of pyridine rings is 2. The van der Waals surface area contributed by atoms with Crippen molar-refractivity contribution in [1.29, 1.82) is 0 Å². The van der Waals surface area contributed by atoms with Crippen LogP contribution in [-0.4, -0.2) is 76.0 Å². The molecule has 3 aliphatic heterocycles. The van der Waals surface area contributed by atoms with E-state index in [2.05, 4.69) is 86.7 Å². The van der Waals surface area contributed by atoms with E-state index in [9.17, 15) is 0 Å². The lowest BCUT2D eigenvalue weighted by atomic mass is 10.0. The van der Waals surface area contributed by atoms with Gasteiger partial charge in [0.25, 0.3) is 0 Å². The maximum atomic E-state index is 6.05. The van der Waals surface area contributed by atoms with E-state index in [1.54, 1.807) is 0 Å². The van der Waals surface area contributed by atoms with Gasteiger partial charge in [-0.2, -0.15) is 0 Å². The first kappa shape index (κ1) is 37.4. The van der Waals surface area contributed by atoms with E-state index in [1.807, 2.05) is 12.1 Å². The molecule has 0 fully saturated rings. The molecule has 8 rings (SSSR count). The van der Waals surface area contributed by atoms with Gasteiger partial charge in [0.2, 0.25) is 0 Å². The van der Waals surface area contributed by atoms with Crippen molar-refractivity contribution in [1.82, 2.24) is 9.97 Å². The third-order valence-electron chi connectivity index (χ3n) is 9.16. The number of aromatic nitrogens is 2. The molecule has 5 heterocycles. The number of hydrogen-bond donors (Lipinski definition) is 0. The maximum absolute atomic E-state index is 6.05. The molecule has 3 aromatic carbocycles. The number of aryl methyl sites for hydroxylation is 2. The standard InChI is InChI=1S/C44H52N2O6/c1-33-31-37-15-19-41(33)51-29-27-49-25-23-47-21-9-7-5-3-4-6-8-10-22-48-24-26-50-28-30-52-42-20-16-38(32-34(42)2)40-18-14-36-12-11-35-13-17-39(37)45-43(35)44(36)46-40/h3-4,11-20,31-32H,5-10,21-30H2,1-2H3. The van der Waals surface area contributed by atoms with Gasteiger partial charge in [0.05, 0.1) is 62.1 Å². The molecule has 274 valence electrons. The first-order valence-electron chi connectivity index (χ1n) is 18.8. The zero-order valence-electron chi connectivity index (χ0n) is 30.7. The zero-order valence-corrected chi connectivity index (χ0v) is 30.7. The summed E-state index contributed by atoms with van der Waals surface area (Å²) in [6.45, 7) is 9.99. The summed E-state index contributed by atoms with van der Waals surface area (Å²) in [5.41, 5.74) is 7.71. The van der Waals surface area contributed by atoms with E-state index >= 15 is 0 Å². The van der Waals surface area contributed by atoms with Crippen molar-refractivity contribution in [3.05, 3.63) is 96.1 Å². The van der Waals surface area contributed by atoms with Crippen LogP contribution in [-0.2, 0) is 18.9 Å². The van der Waals surface area contributed by atoms with Crippen molar-refractivity contribution in [2.75, 3.05) is 66.1 Å². The number of allylic oxidation sites excluding steroid dienone is 2. The quantitative estimate of drug-likeness (QED) is 0.117. The summed E-state index contributed by atoms with van der Waals surface area (Å²) >= 11 is 0. The molecule has 2 aromatic heterocycles.